The molecule has 1 aromatic heterocycles. The van der Waals surface area contributed by atoms with E-state index in [-0.39, 0.29) is 24.2 Å². The van der Waals surface area contributed by atoms with E-state index in [9.17, 15) is 9.59 Å². The van der Waals surface area contributed by atoms with Crippen molar-refractivity contribution in [3.63, 3.8) is 0 Å². The number of hydrogen-bond acceptors (Lipinski definition) is 4. The number of hydrogen-bond donors (Lipinski definition) is 1. The Hall–Kier alpha value is -2.83. The Labute approximate surface area is 146 Å². The van der Waals surface area contributed by atoms with E-state index in [4.69, 9.17) is 4.74 Å². The highest BCUT2D eigenvalue weighted by Crippen LogP contribution is 2.21. The third-order valence-corrected chi connectivity index (χ3v) is 4.35. The highest BCUT2D eigenvalue weighted by molar-refractivity contribution is 5.89. The van der Waals surface area contributed by atoms with Gasteiger partial charge in [0, 0.05) is 45.0 Å². The van der Waals surface area contributed by atoms with Crippen molar-refractivity contribution < 1.29 is 14.3 Å². The quantitative estimate of drug-likeness (QED) is 0.816. The summed E-state index contributed by atoms with van der Waals surface area (Å²) in [4.78, 5) is 30.2. The standard InChI is InChI=1S/C18H22N4O3/c1-25-16-4-2-14(3-5-16)11-22-12-15(10-17(22)23)18(24)20-7-9-21-8-6-19-13-21/h2-6,8,13,15H,7,9-12H2,1H3,(H,20,24). The van der Waals surface area contributed by atoms with Crippen LogP contribution in [0.1, 0.15) is 12.0 Å². The van der Waals surface area contributed by atoms with Crippen LogP contribution < -0.4 is 10.1 Å². The number of benzene rings is 1. The summed E-state index contributed by atoms with van der Waals surface area (Å²) < 4.78 is 7.03. The minimum Gasteiger partial charge on any atom is -0.497 e. The Bertz CT molecular complexity index is 712. The van der Waals surface area contributed by atoms with E-state index in [0.717, 1.165) is 11.3 Å². The molecule has 25 heavy (non-hydrogen) atoms. The van der Waals surface area contributed by atoms with Crippen LogP contribution in [0.5, 0.6) is 5.75 Å². The molecule has 132 valence electrons. The topological polar surface area (TPSA) is 76.5 Å². The highest BCUT2D eigenvalue weighted by atomic mass is 16.5. The Balaban J connectivity index is 1.48. The van der Waals surface area contributed by atoms with Crippen LogP contribution in [0.2, 0.25) is 0 Å². The van der Waals surface area contributed by atoms with Crippen LogP contribution in [-0.4, -0.2) is 46.5 Å². The van der Waals surface area contributed by atoms with Crippen molar-refractivity contribution in [3.8, 4) is 5.75 Å². The van der Waals surface area contributed by atoms with Gasteiger partial charge in [0.1, 0.15) is 5.75 Å². The summed E-state index contributed by atoms with van der Waals surface area (Å²) in [6, 6.07) is 7.61. The minimum absolute atomic E-state index is 0.0191. The first-order chi connectivity index (χ1) is 12.2. The molecule has 0 aliphatic carbocycles. The maximum atomic E-state index is 12.3. The van der Waals surface area contributed by atoms with E-state index in [0.29, 0.717) is 26.2 Å². The number of imidazole rings is 1. The second-order valence-electron chi connectivity index (χ2n) is 6.11. The first-order valence-electron chi connectivity index (χ1n) is 8.30. The number of carbonyl (C=O) groups is 2. The largest absolute Gasteiger partial charge is 0.497 e. The van der Waals surface area contributed by atoms with Gasteiger partial charge in [-0.05, 0) is 17.7 Å². The van der Waals surface area contributed by atoms with Crippen LogP contribution in [0.15, 0.2) is 43.0 Å². The van der Waals surface area contributed by atoms with Gasteiger partial charge in [0.05, 0.1) is 19.4 Å². The summed E-state index contributed by atoms with van der Waals surface area (Å²) in [5, 5.41) is 2.90. The molecule has 0 spiro atoms. The van der Waals surface area contributed by atoms with Crippen molar-refractivity contribution in [2.75, 3.05) is 20.2 Å². The van der Waals surface area contributed by atoms with Gasteiger partial charge >= 0.3 is 0 Å². The first-order valence-corrected chi connectivity index (χ1v) is 8.30. The maximum absolute atomic E-state index is 12.3. The van der Waals surface area contributed by atoms with E-state index < -0.39 is 0 Å². The molecule has 0 radical (unpaired) electrons. The average Bonchev–Trinajstić information content (AvgIpc) is 3.26. The van der Waals surface area contributed by atoms with E-state index in [2.05, 4.69) is 10.3 Å². The van der Waals surface area contributed by atoms with Gasteiger partial charge in [-0.1, -0.05) is 12.1 Å². The Morgan fingerprint density at radius 3 is 2.84 bits per heavy atom. The number of carbonyl (C=O) groups excluding carboxylic acids is 2. The molecule has 1 aliphatic heterocycles. The molecular weight excluding hydrogens is 320 g/mol. The second-order valence-corrected chi connectivity index (χ2v) is 6.11. The van der Waals surface area contributed by atoms with Crippen molar-refractivity contribution in [1.82, 2.24) is 19.8 Å². The summed E-state index contributed by atoms with van der Waals surface area (Å²) in [5.41, 5.74) is 1.02. The Morgan fingerprint density at radius 2 is 2.16 bits per heavy atom. The number of amides is 2. The van der Waals surface area contributed by atoms with Gasteiger partial charge in [-0.3, -0.25) is 9.59 Å². The van der Waals surface area contributed by atoms with Gasteiger partial charge in [0.25, 0.3) is 0 Å². The molecule has 1 N–H and O–H groups in total. The number of nitrogens with one attached hydrogen (secondary N) is 1. The molecule has 2 heterocycles. The lowest BCUT2D eigenvalue weighted by Crippen LogP contribution is -2.34. The summed E-state index contributed by atoms with van der Waals surface area (Å²) in [6.45, 7) is 2.17. The minimum atomic E-state index is -0.284. The third kappa shape index (κ3) is 4.37. The Kier molecular flexibility index (Phi) is 5.33. The molecule has 3 rings (SSSR count). The molecule has 1 aromatic carbocycles. The van der Waals surface area contributed by atoms with E-state index >= 15 is 0 Å². The number of methoxy groups -OCH3 is 1. The van der Waals surface area contributed by atoms with Crippen molar-refractivity contribution in [3.05, 3.63) is 48.5 Å². The maximum Gasteiger partial charge on any atom is 0.225 e. The van der Waals surface area contributed by atoms with Crippen molar-refractivity contribution >= 4 is 11.8 Å². The fourth-order valence-electron chi connectivity index (χ4n) is 2.92. The number of aromatic nitrogens is 2. The number of likely N-dealkylation sites (tertiary alicyclic amines) is 1. The van der Waals surface area contributed by atoms with Gasteiger partial charge in [0.15, 0.2) is 0 Å². The van der Waals surface area contributed by atoms with Crippen LogP contribution in [0.4, 0.5) is 0 Å². The van der Waals surface area contributed by atoms with Crippen LogP contribution in [-0.2, 0) is 22.7 Å². The predicted octanol–water partition coefficient (Wildman–Crippen LogP) is 1.06. The molecular formula is C18H22N4O3. The van der Waals surface area contributed by atoms with Gasteiger partial charge in [-0.2, -0.15) is 0 Å². The van der Waals surface area contributed by atoms with Crippen LogP contribution >= 0.6 is 0 Å². The molecule has 1 atom stereocenters. The molecule has 7 heteroatoms. The molecule has 0 bridgehead atoms. The first kappa shape index (κ1) is 17.0. The van der Waals surface area contributed by atoms with Crippen molar-refractivity contribution in [2.45, 2.75) is 19.5 Å². The zero-order valence-corrected chi connectivity index (χ0v) is 14.2. The summed E-state index contributed by atoms with van der Waals surface area (Å²) in [5.74, 6) is 0.455. The Morgan fingerprint density at radius 1 is 1.36 bits per heavy atom. The van der Waals surface area contributed by atoms with Crippen molar-refractivity contribution in [2.24, 2.45) is 5.92 Å². The fraction of sp³-hybridized carbons (Fsp3) is 0.389. The zero-order valence-electron chi connectivity index (χ0n) is 14.2. The van der Waals surface area contributed by atoms with Gasteiger partial charge < -0.3 is 19.5 Å². The summed E-state index contributed by atoms with van der Waals surface area (Å²) >= 11 is 0. The summed E-state index contributed by atoms with van der Waals surface area (Å²) in [6.07, 6.45) is 5.53. The van der Waals surface area contributed by atoms with Gasteiger partial charge in [-0.15, -0.1) is 0 Å². The SMILES string of the molecule is COc1ccc(CN2CC(C(=O)NCCn3ccnc3)CC2=O)cc1. The number of rotatable bonds is 7. The average molecular weight is 342 g/mol. The van der Waals surface area contributed by atoms with E-state index in [1.54, 1.807) is 24.5 Å². The smallest absolute Gasteiger partial charge is 0.225 e. The summed E-state index contributed by atoms with van der Waals surface area (Å²) in [7, 11) is 1.62. The van der Waals surface area contributed by atoms with Crippen LogP contribution in [0.3, 0.4) is 0 Å². The van der Waals surface area contributed by atoms with Gasteiger partial charge in [0.2, 0.25) is 11.8 Å². The van der Waals surface area contributed by atoms with E-state index in [1.807, 2.05) is 35.0 Å². The lowest BCUT2D eigenvalue weighted by atomic mass is 10.1. The molecule has 1 unspecified atom stereocenters. The lowest BCUT2D eigenvalue weighted by Gasteiger charge is -2.17. The van der Waals surface area contributed by atoms with Crippen LogP contribution in [0.25, 0.3) is 0 Å². The predicted molar refractivity (Wildman–Crippen MR) is 91.8 cm³/mol. The molecule has 7 nitrogen and oxygen atoms in total. The number of ether oxygens (including phenoxy) is 1. The molecule has 1 saturated heterocycles. The van der Waals surface area contributed by atoms with E-state index in [1.165, 1.54) is 0 Å². The zero-order chi connectivity index (χ0) is 17.6. The highest BCUT2D eigenvalue weighted by Gasteiger charge is 2.33. The molecule has 1 fully saturated rings. The third-order valence-electron chi connectivity index (χ3n) is 4.35. The van der Waals surface area contributed by atoms with Crippen LogP contribution in [0, 0.1) is 5.92 Å². The second kappa shape index (κ2) is 7.83. The normalized spacial score (nSPS) is 16.9. The monoisotopic (exact) mass is 342 g/mol. The molecule has 1 aliphatic rings. The molecule has 0 saturated carbocycles. The lowest BCUT2D eigenvalue weighted by molar-refractivity contribution is -0.129. The molecule has 2 amide bonds. The van der Waals surface area contributed by atoms with Gasteiger partial charge in [-0.25, -0.2) is 4.98 Å². The van der Waals surface area contributed by atoms with Crippen molar-refractivity contribution in [1.29, 1.82) is 0 Å². The molecule has 2 aromatic rings. The number of nitrogens with zero attached hydrogens (tertiary/aromatic N) is 3. The fourth-order valence-corrected chi connectivity index (χ4v) is 2.92.